The molecule has 0 fully saturated rings. The highest BCUT2D eigenvalue weighted by Crippen LogP contribution is 2.51. The first-order chi connectivity index (χ1) is 13.7. The van der Waals surface area contributed by atoms with E-state index in [1.807, 2.05) is 72.5 Å². The van der Waals surface area contributed by atoms with Gasteiger partial charge in [0.25, 0.3) is 0 Å². The molecule has 5 nitrogen and oxygen atoms in total. The number of methoxy groups -OCH3 is 1. The third kappa shape index (κ3) is 2.36. The summed E-state index contributed by atoms with van der Waals surface area (Å²) in [7, 11) is 1.62. The van der Waals surface area contributed by atoms with Gasteiger partial charge in [-0.2, -0.15) is 0 Å². The molecule has 28 heavy (non-hydrogen) atoms. The summed E-state index contributed by atoms with van der Waals surface area (Å²) in [5.74, 6) is 1.10. The van der Waals surface area contributed by atoms with Gasteiger partial charge < -0.3 is 13.9 Å². The lowest BCUT2D eigenvalue weighted by atomic mass is 10.1. The minimum absolute atomic E-state index is 0.408. The number of benzene rings is 3. The van der Waals surface area contributed by atoms with Gasteiger partial charge in [-0.15, -0.1) is 0 Å². The van der Waals surface area contributed by atoms with Crippen molar-refractivity contribution >= 4 is 34.2 Å². The average molecular weight is 371 g/mol. The molecule has 0 atom stereocenters. The molecule has 0 saturated carbocycles. The van der Waals surface area contributed by atoms with Crippen LogP contribution in [0.15, 0.2) is 71.1 Å². The molecule has 0 radical (unpaired) electrons. The van der Waals surface area contributed by atoms with Crippen molar-refractivity contribution in [2.45, 2.75) is 6.92 Å². The van der Waals surface area contributed by atoms with Gasteiger partial charge in [0.2, 0.25) is 11.6 Å². The third-order valence-electron chi connectivity index (χ3n) is 4.87. The molecule has 3 aromatic carbocycles. The quantitative estimate of drug-likeness (QED) is 0.420. The number of fused-ring (bicyclic) bond motifs is 4. The Balaban J connectivity index is 1.88. The molecule has 4 aromatic rings. The van der Waals surface area contributed by atoms with Crippen LogP contribution in [-0.2, 0) is 0 Å². The number of hydrogen-bond acceptors (Lipinski definition) is 5. The number of furan rings is 1. The predicted octanol–water partition coefficient (Wildman–Crippen LogP) is 5.75. The van der Waals surface area contributed by atoms with Crippen molar-refractivity contribution in [2.24, 2.45) is 0 Å². The number of nitrogens with zero attached hydrogens (tertiary/aromatic N) is 1. The summed E-state index contributed by atoms with van der Waals surface area (Å²) < 4.78 is 17.6. The SMILES string of the molecule is COc1ccccc1N1c2ccccc2C(=O)Oc2c1oc1ccc(C)cc21. The van der Waals surface area contributed by atoms with Gasteiger partial charge in [-0.1, -0.05) is 35.9 Å². The molecule has 1 aliphatic rings. The summed E-state index contributed by atoms with van der Waals surface area (Å²) in [6.07, 6.45) is 0. The van der Waals surface area contributed by atoms with E-state index in [9.17, 15) is 4.79 Å². The first-order valence-electron chi connectivity index (χ1n) is 8.95. The zero-order chi connectivity index (χ0) is 19.3. The molecule has 0 spiro atoms. The van der Waals surface area contributed by atoms with Crippen molar-refractivity contribution < 1.29 is 18.7 Å². The van der Waals surface area contributed by atoms with Crippen molar-refractivity contribution in [2.75, 3.05) is 12.0 Å². The summed E-state index contributed by atoms with van der Waals surface area (Å²) in [5.41, 5.74) is 3.60. The van der Waals surface area contributed by atoms with E-state index in [0.29, 0.717) is 34.2 Å². The zero-order valence-corrected chi connectivity index (χ0v) is 15.4. The first kappa shape index (κ1) is 16.4. The summed E-state index contributed by atoms with van der Waals surface area (Å²) in [4.78, 5) is 14.8. The Morgan fingerprint density at radius 1 is 0.929 bits per heavy atom. The van der Waals surface area contributed by atoms with E-state index >= 15 is 0 Å². The molecular weight excluding hydrogens is 354 g/mol. The summed E-state index contributed by atoms with van der Waals surface area (Å²) in [5, 5.41) is 0.760. The van der Waals surface area contributed by atoms with Crippen LogP contribution in [0.5, 0.6) is 11.5 Å². The molecule has 1 aliphatic heterocycles. The Morgan fingerprint density at radius 3 is 2.50 bits per heavy atom. The number of rotatable bonds is 2. The first-order valence-corrected chi connectivity index (χ1v) is 8.95. The summed E-state index contributed by atoms with van der Waals surface area (Å²) >= 11 is 0. The smallest absolute Gasteiger partial charge is 0.345 e. The van der Waals surface area contributed by atoms with Crippen molar-refractivity contribution in [3.05, 3.63) is 77.9 Å². The molecule has 2 heterocycles. The van der Waals surface area contributed by atoms with Crippen molar-refractivity contribution in [3.8, 4) is 11.5 Å². The van der Waals surface area contributed by atoms with Gasteiger partial charge in [0.05, 0.1) is 29.4 Å². The molecule has 0 unspecified atom stereocenters. The molecule has 0 saturated heterocycles. The highest BCUT2D eigenvalue weighted by molar-refractivity contribution is 6.06. The lowest BCUT2D eigenvalue weighted by molar-refractivity contribution is 0.0740. The number of carbonyl (C=O) groups excluding carboxylic acids is 1. The lowest BCUT2D eigenvalue weighted by Gasteiger charge is -2.24. The zero-order valence-electron chi connectivity index (χ0n) is 15.4. The monoisotopic (exact) mass is 371 g/mol. The fourth-order valence-electron chi connectivity index (χ4n) is 3.57. The predicted molar refractivity (Wildman–Crippen MR) is 107 cm³/mol. The van der Waals surface area contributed by atoms with Crippen LogP contribution in [0.25, 0.3) is 11.0 Å². The highest BCUT2D eigenvalue weighted by atomic mass is 16.5. The number of ether oxygens (including phenoxy) is 2. The van der Waals surface area contributed by atoms with E-state index in [1.54, 1.807) is 13.2 Å². The normalized spacial score (nSPS) is 12.9. The Labute approximate surface area is 161 Å². The second-order valence-electron chi connectivity index (χ2n) is 6.65. The van der Waals surface area contributed by atoms with Crippen LogP contribution < -0.4 is 14.4 Å². The molecule has 0 amide bonds. The minimum atomic E-state index is -0.418. The van der Waals surface area contributed by atoms with Crippen LogP contribution in [0.2, 0.25) is 0 Å². The van der Waals surface area contributed by atoms with Crippen molar-refractivity contribution in [1.29, 1.82) is 0 Å². The van der Waals surface area contributed by atoms with E-state index < -0.39 is 5.97 Å². The standard InChI is InChI=1S/C23H17NO4/c1-14-11-12-19-16(13-14)21-22(27-19)24(18-9-5-6-10-20(18)26-2)17-8-4-3-7-15(17)23(25)28-21/h3-13H,1-2H3. The van der Waals surface area contributed by atoms with E-state index in [2.05, 4.69) is 0 Å². The van der Waals surface area contributed by atoms with Crippen molar-refractivity contribution in [3.63, 3.8) is 0 Å². The van der Waals surface area contributed by atoms with E-state index in [0.717, 1.165) is 16.6 Å². The molecule has 5 rings (SSSR count). The third-order valence-corrected chi connectivity index (χ3v) is 4.87. The van der Waals surface area contributed by atoms with Gasteiger partial charge in [-0.05, 0) is 43.3 Å². The maximum atomic E-state index is 12.9. The van der Waals surface area contributed by atoms with Gasteiger partial charge >= 0.3 is 5.97 Å². The lowest BCUT2D eigenvalue weighted by Crippen LogP contribution is -2.12. The fraction of sp³-hybridized carbons (Fsp3) is 0.0870. The minimum Gasteiger partial charge on any atom is -0.495 e. The van der Waals surface area contributed by atoms with Crippen LogP contribution in [0.4, 0.5) is 17.3 Å². The molecule has 0 N–H and O–H groups in total. The van der Waals surface area contributed by atoms with Gasteiger partial charge in [-0.25, -0.2) is 4.79 Å². The van der Waals surface area contributed by atoms with Gasteiger partial charge in [-0.3, -0.25) is 4.90 Å². The molecular formula is C23H17NO4. The van der Waals surface area contributed by atoms with Crippen LogP contribution in [0.1, 0.15) is 15.9 Å². The van der Waals surface area contributed by atoms with Crippen LogP contribution >= 0.6 is 0 Å². The largest absolute Gasteiger partial charge is 0.495 e. The Morgan fingerprint density at radius 2 is 1.68 bits per heavy atom. The van der Waals surface area contributed by atoms with Crippen LogP contribution in [0, 0.1) is 6.92 Å². The fourth-order valence-corrected chi connectivity index (χ4v) is 3.57. The van der Waals surface area contributed by atoms with Gasteiger partial charge in [0, 0.05) is 0 Å². The van der Waals surface area contributed by atoms with Crippen molar-refractivity contribution in [1.82, 2.24) is 0 Å². The Hall–Kier alpha value is -3.73. The molecule has 1 aromatic heterocycles. The second kappa shape index (κ2) is 6.16. The Bertz CT molecular complexity index is 1220. The number of anilines is 3. The van der Waals surface area contributed by atoms with Gasteiger partial charge in [0.1, 0.15) is 11.3 Å². The number of esters is 1. The second-order valence-corrected chi connectivity index (χ2v) is 6.65. The average Bonchev–Trinajstić information content (AvgIpc) is 3.00. The van der Waals surface area contributed by atoms with E-state index in [1.165, 1.54) is 0 Å². The number of carbonyl (C=O) groups is 1. The molecule has 0 bridgehead atoms. The van der Waals surface area contributed by atoms with Crippen LogP contribution in [-0.4, -0.2) is 13.1 Å². The Kier molecular flexibility index (Phi) is 3.62. The molecule has 0 aliphatic carbocycles. The van der Waals surface area contributed by atoms with E-state index in [-0.39, 0.29) is 0 Å². The van der Waals surface area contributed by atoms with Gasteiger partial charge in [0.15, 0.2) is 0 Å². The maximum Gasteiger partial charge on any atom is 0.345 e. The molecule has 138 valence electrons. The summed E-state index contributed by atoms with van der Waals surface area (Å²) in [6, 6.07) is 20.7. The number of hydrogen-bond donors (Lipinski definition) is 0. The molecule has 5 heteroatoms. The number of para-hydroxylation sites is 3. The topological polar surface area (TPSA) is 51.9 Å². The maximum absolute atomic E-state index is 12.9. The van der Waals surface area contributed by atoms with E-state index in [4.69, 9.17) is 13.9 Å². The highest BCUT2D eigenvalue weighted by Gasteiger charge is 2.33. The van der Waals surface area contributed by atoms with Crippen LogP contribution in [0.3, 0.4) is 0 Å². The number of aryl methyl sites for hydroxylation is 1. The summed E-state index contributed by atoms with van der Waals surface area (Å²) in [6.45, 7) is 1.99.